The van der Waals surface area contributed by atoms with E-state index in [0.29, 0.717) is 12.1 Å². The molecule has 7 heteroatoms. The molecular formula is C22H37IN4O2. The third kappa shape index (κ3) is 11.4. The van der Waals surface area contributed by atoms with E-state index in [9.17, 15) is 4.79 Å². The van der Waals surface area contributed by atoms with Crippen LogP contribution >= 0.6 is 24.0 Å². The second kappa shape index (κ2) is 13.1. The number of carbonyl (C=O) groups excluding carboxylic acids is 1. The van der Waals surface area contributed by atoms with Gasteiger partial charge in [0.1, 0.15) is 0 Å². The van der Waals surface area contributed by atoms with Crippen molar-refractivity contribution >= 4 is 35.8 Å². The molecule has 0 saturated heterocycles. The monoisotopic (exact) mass is 516 g/mol. The lowest BCUT2D eigenvalue weighted by molar-refractivity contribution is 0.0919. The smallest absolute Gasteiger partial charge is 0.251 e. The van der Waals surface area contributed by atoms with Crippen LogP contribution < -0.4 is 16.0 Å². The van der Waals surface area contributed by atoms with E-state index in [0.717, 1.165) is 50.2 Å². The van der Waals surface area contributed by atoms with Gasteiger partial charge in [0.05, 0.1) is 6.54 Å². The molecule has 1 aromatic rings. The Morgan fingerprint density at radius 1 is 1.24 bits per heavy atom. The number of nitrogens with one attached hydrogen (secondary N) is 3. The number of amides is 1. The minimum atomic E-state index is -0.254. The highest BCUT2D eigenvalue weighted by molar-refractivity contribution is 14.0. The van der Waals surface area contributed by atoms with Crippen molar-refractivity contribution in [1.29, 1.82) is 0 Å². The van der Waals surface area contributed by atoms with Crippen molar-refractivity contribution < 1.29 is 9.53 Å². The van der Waals surface area contributed by atoms with Gasteiger partial charge in [0.2, 0.25) is 0 Å². The summed E-state index contributed by atoms with van der Waals surface area (Å²) in [6.07, 6.45) is 3.61. The van der Waals surface area contributed by atoms with E-state index in [-0.39, 0.29) is 35.4 Å². The largest absolute Gasteiger partial charge is 0.381 e. The van der Waals surface area contributed by atoms with Crippen LogP contribution in [-0.2, 0) is 11.3 Å². The first-order valence-electron chi connectivity index (χ1n) is 10.4. The summed E-state index contributed by atoms with van der Waals surface area (Å²) in [5.74, 6) is 1.54. The zero-order valence-corrected chi connectivity index (χ0v) is 20.5. The molecule has 1 saturated carbocycles. The first-order chi connectivity index (χ1) is 13.4. The molecule has 0 aromatic heterocycles. The molecule has 1 aliphatic carbocycles. The lowest BCUT2D eigenvalue weighted by atomic mass is 10.1. The summed E-state index contributed by atoms with van der Waals surface area (Å²) in [4.78, 5) is 17.0. The molecule has 0 spiro atoms. The van der Waals surface area contributed by atoms with Crippen LogP contribution in [0.1, 0.15) is 62.9 Å². The number of hydrogen-bond acceptors (Lipinski definition) is 3. The second-order valence-corrected chi connectivity index (χ2v) is 8.40. The lowest BCUT2D eigenvalue weighted by Crippen LogP contribution is -2.40. The van der Waals surface area contributed by atoms with Crippen LogP contribution in [0.2, 0.25) is 0 Å². The third-order valence-corrected chi connectivity index (χ3v) is 4.25. The molecule has 3 N–H and O–H groups in total. The molecule has 29 heavy (non-hydrogen) atoms. The molecule has 164 valence electrons. The van der Waals surface area contributed by atoms with E-state index in [1.54, 1.807) is 0 Å². The number of carbonyl (C=O) groups is 1. The topological polar surface area (TPSA) is 74.8 Å². The highest BCUT2D eigenvalue weighted by atomic mass is 127. The van der Waals surface area contributed by atoms with E-state index < -0.39 is 0 Å². The molecular weight excluding hydrogens is 479 g/mol. The SMILES string of the molecule is CCNC(=NCc1cccc(C(=O)NC(C)(C)C)c1)NCCCOCC1CC1.I. The Kier molecular flexibility index (Phi) is 11.6. The average Bonchev–Trinajstić information content (AvgIpc) is 3.45. The highest BCUT2D eigenvalue weighted by Crippen LogP contribution is 2.28. The van der Waals surface area contributed by atoms with Crippen molar-refractivity contribution in [2.75, 3.05) is 26.3 Å². The van der Waals surface area contributed by atoms with Crippen LogP contribution in [-0.4, -0.2) is 43.7 Å². The number of rotatable bonds is 10. The van der Waals surface area contributed by atoms with Gasteiger partial charge in [-0.1, -0.05) is 12.1 Å². The van der Waals surface area contributed by atoms with Crippen molar-refractivity contribution in [3.05, 3.63) is 35.4 Å². The van der Waals surface area contributed by atoms with E-state index in [4.69, 9.17) is 4.74 Å². The Hall–Kier alpha value is -1.35. The normalized spacial score (nSPS) is 14.1. The van der Waals surface area contributed by atoms with Gasteiger partial charge in [0.15, 0.2) is 5.96 Å². The van der Waals surface area contributed by atoms with Crippen molar-refractivity contribution in [3.63, 3.8) is 0 Å². The summed E-state index contributed by atoms with van der Waals surface area (Å²) in [6.45, 7) is 11.8. The molecule has 0 radical (unpaired) electrons. The van der Waals surface area contributed by atoms with E-state index in [1.165, 1.54) is 12.8 Å². The molecule has 1 aromatic carbocycles. The molecule has 0 bridgehead atoms. The predicted octanol–water partition coefficient (Wildman–Crippen LogP) is 3.70. The summed E-state index contributed by atoms with van der Waals surface area (Å²) in [7, 11) is 0. The minimum Gasteiger partial charge on any atom is -0.381 e. The molecule has 1 fully saturated rings. The molecule has 0 aliphatic heterocycles. The van der Waals surface area contributed by atoms with Gasteiger partial charge in [-0.05, 0) is 70.6 Å². The molecule has 2 rings (SSSR count). The van der Waals surface area contributed by atoms with Gasteiger partial charge in [-0.15, -0.1) is 24.0 Å². The maximum atomic E-state index is 12.3. The number of hydrogen-bond donors (Lipinski definition) is 3. The van der Waals surface area contributed by atoms with Gasteiger partial charge in [0, 0.05) is 37.4 Å². The zero-order valence-electron chi connectivity index (χ0n) is 18.2. The third-order valence-electron chi connectivity index (χ3n) is 4.25. The number of guanidine groups is 1. The predicted molar refractivity (Wildman–Crippen MR) is 130 cm³/mol. The van der Waals surface area contributed by atoms with Crippen molar-refractivity contribution in [2.45, 2.75) is 59.0 Å². The second-order valence-electron chi connectivity index (χ2n) is 8.40. The molecule has 1 aliphatic rings. The summed E-state index contributed by atoms with van der Waals surface area (Å²) in [5.41, 5.74) is 1.41. The average molecular weight is 516 g/mol. The Balaban J connectivity index is 0.00000420. The first-order valence-corrected chi connectivity index (χ1v) is 10.4. The number of aliphatic imine (C=N–C) groups is 1. The summed E-state index contributed by atoms with van der Waals surface area (Å²) in [5, 5.41) is 9.59. The summed E-state index contributed by atoms with van der Waals surface area (Å²) in [6, 6.07) is 7.63. The van der Waals surface area contributed by atoms with Crippen LogP contribution in [0.15, 0.2) is 29.3 Å². The van der Waals surface area contributed by atoms with Crippen LogP contribution in [0.5, 0.6) is 0 Å². The number of benzene rings is 1. The number of ether oxygens (including phenoxy) is 1. The zero-order chi connectivity index (χ0) is 20.4. The highest BCUT2D eigenvalue weighted by Gasteiger charge is 2.20. The Morgan fingerprint density at radius 3 is 2.66 bits per heavy atom. The molecule has 0 unspecified atom stereocenters. The van der Waals surface area contributed by atoms with Crippen LogP contribution in [0.3, 0.4) is 0 Å². The fraction of sp³-hybridized carbons (Fsp3) is 0.636. The van der Waals surface area contributed by atoms with Gasteiger partial charge in [-0.3, -0.25) is 4.79 Å². The van der Waals surface area contributed by atoms with Gasteiger partial charge in [0.25, 0.3) is 5.91 Å². The van der Waals surface area contributed by atoms with Crippen LogP contribution in [0.25, 0.3) is 0 Å². The van der Waals surface area contributed by atoms with Crippen LogP contribution in [0, 0.1) is 5.92 Å². The lowest BCUT2D eigenvalue weighted by Gasteiger charge is -2.20. The standard InChI is InChI=1S/C22H36N4O2.HI/c1-5-23-21(24-12-7-13-28-16-17-10-11-17)25-15-18-8-6-9-19(14-18)20(27)26-22(2,3)4;/h6,8-9,14,17H,5,7,10-13,15-16H2,1-4H3,(H,26,27)(H2,23,24,25);1H. The fourth-order valence-corrected chi connectivity index (χ4v) is 2.65. The number of nitrogens with zero attached hydrogens (tertiary/aromatic N) is 1. The van der Waals surface area contributed by atoms with E-state index in [1.807, 2.05) is 52.0 Å². The maximum Gasteiger partial charge on any atom is 0.251 e. The van der Waals surface area contributed by atoms with Gasteiger partial charge in [-0.2, -0.15) is 0 Å². The van der Waals surface area contributed by atoms with E-state index >= 15 is 0 Å². The Bertz CT molecular complexity index is 654. The van der Waals surface area contributed by atoms with Gasteiger partial charge >= 0.3 is 0 Å². The molecule has 0 heterocycles. The molecule has 6 nitrogen and oxygen atoms in total. The number of halogens is 1. The van der Waals surface area contributed by atoms with Gasteiger partial charge in [-0.25, -0.2) is 4.99 Å². The van der Waals surface area contributed by atoms with Crippen molar-refractivity contribution in [2.24, 2.45) is 10.9 Å². The minimum absolute atomic E-state index is 0. The summed E-state index contributed by atoms with van der Waals surface area (Å²) < 4.78 is 5.66. The van der Waals surface area contributed by atoms with Gasteiger partial charge < -0.3 is 20.7 Å². The maximum absolute atomic E-state index is 12.3. The molecule has 0 atom stereocenters. The van der Waals surface area contributed by atoms with E-state index in [2.05, 4.69) is 20.9 Å². The van der Waals surface area contributed by atoms with Crippen molar-refractivity contribution in [1.82, 2.24) is 16.0 Å². The van der Waals surface area contributed by atoms with Crippen LogP contribution in [0.4, 0.5) is 0 Å². The summed E-state index contributed by atoms with van der Waals surface area (Å²) >= 11 is 0. The Morgan fingerprint density at radius 2 is 2.00 bits per heavy atom. The fourth-order valence-electron chi connectivity index (χ4n) is 2.65. The first kappa shape index (κ1) is 25.7. The Labute approximate surface area is 192 Å². The quantitative estimate of drug-likeness (QED) is 0.192. The molecule has 1 amide bonds. The van der Waals surface area contributed by atoms with Crippen molar-refractivity contribution in [3.8, 4) is 0 Å².